The van der Waals surface area contributed by atoms with Gasteiger partial charge in [0.1, 0.15) is 5.82 Å². The van der Waals surface area contributed by atoms with Crippen molar-refractivity contribution in [3.63, 3.8) is 0 Å². The van der Waals surface area contributed by atoms with E-state index in [1.54, 1.807) is 0 Å². The second kappa shape index (κ2) is 7.52. The van der Waals surface area contributed by atoms with Gasteiger partial charge in [-0.1, -0.05) is 6.92 Å². The molecule has 2 fully saturated rings. The lowest BCUT2D eigenvalue weighted by Gasteiger charge is -2.31. The zero-order chi connectivity index (χ0) is 17.9. The molecule has 1 N–H and O–H groups in total. The first kappa shape index (κ1) is 17.1. The monoisotopic (exact) mass is 351 g/mol. The van der Waals surface area contributed by atoms with Crippen LogP contribution >= 0.6 is 0 Å². The molecule has 3 heterocycles. The van der Waals surface area contributed by atoms with Crippen molar-refractivity contribution in [1.29, 1.82) is 0 Å². The molecule has 26 heavy (non-hydrogen) atoms. The Labute approximate surface area is 156 Å². The lowest BCUT2D eigenvalue weighted by molar-refractivity contribution is 0.442. The summed E-state index contributed by atoms with van der Waals surface area (Å²) in [7, 11) is 0. The Hall–Kier alpha value is -2.30. The number of nitrogens with one attached hydrogen (secondary N) is 1. The smallest absolute Gasteiger partial charge is 0.227 e. The van der Waals surface area contributed by atoms with Gasteiger partial charge in [-0.15, -0.1) is 0 Å². The summed E-state index contributed by atoms with van der Waals surface area (Å²) in [5.41, 5.74) is 3.39. The number of nitrogens with zero attached hydrogens (tertiary/aromatic N) is 4. The molecular formula is C21H29N5. The van der Waals surface area contributed by atoms with E-state index in [0.717, 1.165) is 36.2 Å². The van der Waals surface area contributed by atoms with Gasteiger partial charge in [-0.3, -0.25) is 0 Å². The van der Waals surface area contributed by atoms with E-state index in [0.29, 0.717) is 5.92 Å². The van der Waals surface area contributed by atoms with Crippen LogP contribution in [0.25, 0.3) is 0 Å². The summed E-state index contributed by atoms with van der Waals surface area (Å²) in [6.45, 7) is 8.80. The normalized spacial score (nSPS) is 20.5. The van der Waals surface area contributed by atoms with Crippen LogP contribution in [0.4, 0.5) is 23.1 Å². The van der Waals surface area contributed by atoms with E-state index in [1.807, 2.05) is 13.0 Å². The number of aromatic nitrogens is 2. The molecule has 1 unspecified atom stereocenters. The Morgan fingerprint density at radius 2 is 1.69 bits per heavy atom. The molecule has 2 aromatic rings. The summed E-state index contributed by atoms with van der Waals surface area (Å²) >= 11 is 0. The maximum atomic E-state index is 4.78. The van der Waals surface area contributed by atoms with Gasteiger partial charge in [-0.25, -0.2) is 4.98 Å². The minimum Gasteiger partial charge on any atom is -0.372 e. The Morgan fingerprint density at radius 3 is 2.42 bits per heavy atom. The van der Waals surface area contributed by atoms with E-state index in [1.165, 1.54) is 44.5 Å². The quantitative estimate of drug-likeness (QED) is 0.886. The SMILES string of the molecule is Cc1cc(Nc2ccc(N3CCCC3)cc2)nc(N2CCCC(C)C2)n1. The van der Waals surface area contributed by atoms with Crippen LogP contribution in [0.5, 0.6) is 0 Å². The van der Waals surface area contributed by atoms with Gasteiger partial charge in [0, 0.05) is 49.3 Å². The molecule has 1 atom stereocenters. The first-order valence-electron chi connectivity index (χ1n) is 9.90. The molecule has 0 spiro atoms. The molecule has 4 rings (SSSR count). The highest BCUT2D eigenvalue weighted by atomic mass is 15.3. The Kier molecular flexibility index (Phi) is 4.96. The molecular weight excluding hydrogens is 322 g/mol. The third kappa shape index (κ3) is 3.92. The number of rotatable bonds is 4. The van der Waals surface area contributed by atoms with Crippen molar-refractivity contribution in [2.45, 2.75) is 39.5 Å². The first-order chi connectivity index (χ1) is 12.7. The van der Waals surface area contributed by atoms with Crippen molar-refractivity contribution in [2.75, 3.05) is 41.3 Å². The highest BCUT2D eigenvalue weighted by molar-refractivity contribution is 5.62. The van der Waals surface area contributed by atoms with E-state index >= 15 is 0 Å². The molecule has 0 bridgehead atoms. The Morgan fingerprint density at radius 1 is 0.962 bits per heavy atom. The summed E-state index contributed by atoms with van der Waals surface area (Å²) in [5.74, 6) is 2.44. The molecule has 5 heteroatoms. The molecule has 138 valence electrons. The Balaban J connectivity index is 1.49. The van der Waals surface area contributed by atoms with Crippen molar-refractivity contribution < 1.29 is 0 Å². The molecule has 5 nitrogen and oxygen atoms in total. The molecule has 0 aliphatic carbocycles. The van der Waals surface area contributed by atoms with Crippen molar-refractivity contribution in [1.82, 2.24) is 9.97 Å². The largest absolute Gasteiger partial charge is 0.372 e. The van der Waals surface area contributed by atoms with E-state index in [2.05, 4.69) is 51.3 Å². The van der Waals surface area contributed by atoms with Gasteiger partial charge in [-0.05, 0) is 62.8 Å². The number of anilines is 4. The van der Waals surface area contributed by atoms with Crippen molar-refractivity contribution in [3.05, 3.63) is 36.0 Å². The number of hydrogen-bond acceptors (Lipinski definition) is 5. The minimum absolute atomic E-state index is 0.711. The van der Waals surface area contributed by atoms with Gasteiger partial charge in [0.2, 0.25) is 5.95 Å². The van der Waals surface area contributed by atoms with E-state index < -0.39 is 0 Å². The standard InChI is InChI=1S/C21H29N5/c1-16-6-5-13-26(15-16)21-22-17(2)14-20(24-21)23-18-7-9-19(10-8-18)25-11-3-4-12-25/h7-10,14,16H,3-6,11-13,15H2,1-2H3,(H,22,23,24). The summed E-state index contributed by atoms with van der Waals surface area (Å²) in [5, 5.41) is 3.46. The predicted molar refractivity (Wildman–Crippen MR) is 109 cm³/mol. The van der Waals surface area contributed by atoms with Gasteiger partial charge in [-0.2, -0.15) is 4.98 Å². The summed E-state index contributed by atoms with van der Waals surface area (Å²) in [4.78, 5) is 14.2. The third-order valence-electron chi connectivity index (χ3n) is 5.39. The van der Waals surface area contributed by atoms with Crippen LogP contribution in [0.2, 0.25) is 0 Å². The van der Waals surface area contributed by atoms with Gasteiger partial charge >= 0.3 is 0 Å². The third-order valence-corrected chi connectivity index (χ3v) is 5.39. The highest BCUT2D eigenvalue weighted by Crippen LogP contribution is 2.25. The number of hydrogen-bond donors (Lipinski definition) is 1. The maximum absolute atomic E-state index is 4.78. The van der Waals surface area contributed by atoms with Crippen LogP contribution in [0.3, 0.4) is 0 Å². The van der Waals surface area contributed by atoms with Gasteiger partial charge < -0.3 is 15.1 Å². The van der Waals surface area contributed by atoms with Crippen LogP contribution in [0.15, 0.2) is 30.3 Å². The fourth-order valence-electron chi connectivity index (χ4n) is 4.01. The van der Waals surface area contributed by atoms with Crippen LogP contribution in [-0.4, -0.2) is 36.1 Å². The fourth-order valence-corrected chi connectivity index (χ4v) is 4.01. The van der Waals surface area contributed by atoms with Gasteiger partial charge in [0.25, 0.3) is 0 Å². The van der Waals surface area contributed by atoms with Crippen LogP contribution in [-0.2, 0) is 0 Å². The number of benzene rings is 1. The highest BCUT2D eigenvalue weighted by Gasteiger charge is 2.19. The number of aryl methyl sites for hydroxylation is 1. The summed E-state index contributed by atoms with van der Waals surface area (Å²) < 4.78 is 0. The fraction of sp³-hybridized carbons (Fsp3) is 0.524. The van der Waals surface area contributed by atoms with Crippen molar-refractivity contribution >= 4 is 23.1 Å². The zero-order valence-corrected chi connectivity index (χ0v) is 15.9. The topological polar surface area (TPSA) is 44.3 Å². The molecule has 0 radical (unpaired) electrons. The minimum atomic E-state index is 0.711. The second-order valence-electron chi connectivity index (χ2n) is 7.75. The van der Waals surface area contributed by atoms with Crippen LogP contribution in [0.1, 0.15) is 38.3 Å². The zero-order valence-electron chi connectivity index (χ0n) is 15.9. The first-order valence-corrected chi connectivity index (χ1v) is 9.90. The second-order valence-corrected chi connectivity index (χ2v) is 7.75. The van der Waals surface area contributed by atoms with Crippen molar-refractivity contribution in [2.24, 2.45) is 5.92 Å². The average molecular weight is 351 g/mol. The summed E-state index contributed by atoms with van der Waals surface area (Å²) in [6.07, 6.45) is 5.13. The van der Waals surface area contributed by atoms with E-state index in [4.69, 9.17) is 4.98 Å². The maximum Gasteiger partial charge on any atom is 0.227 e. The van der Waals surface area contributed by atoms with Crippen LogP contribution < -0.4 is 15.1 Å². The Bertz CT molecular complexity index is 737. The van der Waals surface area contributed by atoms with Gasteiger partial charge in [0.05, 0.1) is 0 Å². The molecule has 2 saturated heterocycles. The molecule has 1 aromatic carbocycles. The average Bonchev–Trinajstić information content (AvgIpc) is 3.16. The van der Waals surface area contributed by atoms with E-state index in [-0.39, 0.29) is 0 Å². The predicted octanol–water partition coefficient (Wildman–Crippen LogP) is 4.37. The van der Waals surface area contributed by atoms with E-state index in [9.17, 15) is 0 Å². The molecule has 0 amide bonds. The number of piperidine rings is 1. The molecule has 1 aromatic heterocycles. The lowest BCUT2D eigenvalue weighted by Crippen LogP contribution is -2.35. The van der Waals surface area contributed by atoms with Crippen molar-refractivity contribution in [3.8, 4) is 0 Å². The summed E-state index contributed by atoms with van der Waals surface area (Å²) in [6, 6.07) is 10.7. The molecule has 2 aliphatic heterocycles. The lowest BCUT2D eigenvalue weighted by atomic mass is 10.0. The van der Waals surface area contributed by atoms with Gasteiger partial charge in [0.15, 0.2) is 0 Å². The van der Waals surface area contributed by atoms with Crippen LogP contribution in [0, 0.1) is 12.8 Å². The molecule has 0 saturated carbocycles. The molecule has 2 aliphatic rings.